The molecule has 0 aliphatic heterocycles. The fourth-order valence-electron chi connectivity index (χ4n) is 0.490. The van der Waals surface area contributed by atoms with E-state index in [1.807, 2.05) is 13.8 Å². The molecule has 8 heavy (non-hydrogen) atoms. The van der Waals surface area contributed by atoms with Crippen molar-refractivity contribution in [3.8, 4) is 0 Å². The Morgan fingerprint density at radius 3 is 2.38 bits per heavy atom. The first-order chi connectivity index (χ1) is 3.72. The SMILES string of the molecule is CCC(=O)C(N)CC.[HH]. The molecule has 50 valence electrons. The molecule has 2 N–H and O–H groups in total. The third-order valence-corrected chi connectivity index (χ3v) is 1.20. The average Bonchev–Trinajstić information content (AvgIpc) is 1.84. The highest BCUT2D eigenvalue weighted by atomic mass is 16.1. The molecule has 0 heterocycles. The lowest BCUT2D eigenvalue weighted by atomic mass is 10.1. The van der Waals surface area contributed by atoms with Gasteiger partial charge in [0, 0.05) is 7.85 Å². The maximum absolute atomic E-state index is 10.6. The number of carbonyl (C=O) groups excluding carboxylic acids is 1. The van der Waals surface area contributed by atoms with E-state index in [2.05, 4.69) is 0 Å². The predicted molar refractivity (Wildman–Crippen MR) is 35.7 cm³/mol. The minimum absolute atomic E-state index is 0. The lowest BCUT2D eigenvalue weighted by Crippen LogP contribution is -2.28. The van der Waals surface area contributed by atoms with Gasteiger partial charge in [0.1, 0.15) is 5.78 Å². The molecule has 0 radical (unpaired) electrons. The first kappa shape index (κ1) is 7.63. The molecule has 0 aromatic heterocycles. The Bertz CT molecular complexity index is 85.1. The topological polar surface area (TPSA) is 43.1 Å². The summed E-state index contributed by atoms with van der Waals surface area (Å²) in [4.78, 5) is 10.6. The molecule has 1 unspecified atom stereocenters. The van der Waals surface area contributed by atoms with E-state index in [0.717, 1.165) is 6.42 Å². The van der Waals surface area contributed by atoms with Crippen molar-refractivity contribution in [2.45, 2.75) is 32.7 Å². The molecule has 0 aliphatic rings. The van der Waals surface area contributed by atoms with Gasteiger partial charge < -0.3 is 5.73 Å². The van der Waals surface area contributed by atoms with E-state index < -0.39 is 0 Å². The van der Waals surface area contributed by atoms with Gasteiger partial charge in [-0.3, -0.25) is 4.79 Å². The van der Waals surface area contributed by atoms with Crippen molar-refractivity contribution < 1.29 is 6.22 Å². The highest BCUT2D eigenvalue weighted by Gasteiger charge is 2.06. The summed E-state index contributed by atoms with van der Waals surface area (Å²) in [5, 5.41) is 0. The zero-order valence-corrected chi connectivity index (χ0v) is 5.48. The quantitative estimate of drug-likeness (QED) is 0.598. The van der Waals surface area contributed by atoms with Crippen molar-refractivity contribution in [1.29, 1.82) is 0 Å². The van der Waals surface area contributed by atoms with Crippen LogP contribution in [-0.2, 0) is 4.79 Å². The Labute approximate surface area is 51.6 Å². The van der Waals surface area contributed by atoms with Gasteiger partial charge in [0.2, 0.25) is 0 Å². The lowest BCUT2D eigenvalue weighted by Gasteiger charge is -2.02. The van der Waals surface area contributed by atoms with Crippen molar-refractivity contribution in [1.82, 2.24) is 0 Å². The van der Waals surface area contributed by atoms with Crippen molar-refractivity contribution in [2.24, 2.45) is 5.73 Å². The number of rotatable bonds is 3. The number of ketones is 1. The number of hydrogen-bond acceptors (Lipinski definition) is 2. The molecule has 0 saturated carbocycles. The lowest BCUT2D eigenvalue weighted by molar-refractivity contribution is -0.120. The molecule has 0 aromatic carbocycles. The minimum Gasteiger partial charge on any atom is -0.322 e. The summed E-state index contributed by atoms with van der Waals surface area (Å²) in [7, 11) is 0. The first-order valence-corrected chi connectivity index (χ1v) is 3.00. The molecule has 0 aromatic rings. The summed E-state index contributed by atoms with van der Waals surface area (Å²) < 4.78 is 0. The van der Waals surface area contributed by atoms with E-state index in [0.29, 0.717) is 6.42 Å². The summed E-state index contributed by atoms with van der Waals surface area (Å²) in [6.45, 7) is 3.75. The second-order valence-corrected chi connectivity index (χ2v) is 1.83. The van der Waals surface area contributed by atoms with E-state index in [1.54, 1.807) is 0 Å². The Morgan fingerprint density at radius 1 is 1.75 bits per heavy atom. The zero-order valence-electron chi connectivity index (χ0n) is 5.48. The molecule has 0 aliphatic carbocycles. The van der Waals surface area contributed by atoms with Crippen LogP contribution < -0.4 is 5.73 Å². The average molecular weight is 117 g/mol. The fraction of sp³-hybridized carbons (Fsp3) is 0.833. The second-order valence-electron chi connectivity index (χ2n) is 1.83. The van der Waals surface area contributed by atoms with Crippen LogP contribution in [0, 0.1) is 0 Å². The monoisotopic (exact) mass is 117 g/mol. The van der Waals surface area contributed by atoms with E-state index in [1.165, 1.54) is 0 Å². The highest BCUT2D eigenvalue weighted by Crippen LogP contribution is 1.90. The maximum Gasteiger partial charge on any atom is 0.149 e. The van der Waals surface area contributed by atoms with Crippen LogP contribution in [0.15, 0.2) is 0 Å². The largest absolute Gasteiger partial charge is 0.322 e. The molecule has 0 fully saturated rings. The third kappa shape index (κ3) is 2.07. The number of nitrogens with two attached hydrogens (primary N) is 1. The van der Waals surface area contributed by atoms with Gasteiger partial charge in [0.25, 0.3) is 0 Å². The third-order valence-electron chi connectivity index (χ3n) is 1.20. The van der Waals surface area contributed by atoms with Gasteiger partial charge in [-0.2, -0.15) is 0 Å². The van der Waals surface area contributed by atoms with Crippen LogP contribution in [-0.4, -0.2) is 11.8 Å². The highest BCUT2D eigenvalue weighted by molar-refractivity contribution is 5.83. The van der Waals surface area contributed by atoms with Crippen LogP contribution in [0.5, 0.6) is 0 Å². The van der Waals surface area contributed by atoms with E-state index in [-0.39, 0.29) is 13.3 Å². The van der Waals surface area contributed by atoms with Gasteiger partial charge in [0.15, 0.2) is 0 Å². The molecule has 0 rings (SSSR count). The van der Waals surface area contributed by atoms with E-state index >= 15 is 0 Å². The molecule has 0 saturated heterocycles. The number of carbonyl (C=O) groups is 1. The summed E-state index contributed by atoms with van der Waals surface area (Å²) in [5.41, 5.74) is 5.38. The maximum atomic E-state index is 10.6. The van der Waals surface area contributed by atoms with Crippen LogP contribution in [0.4, 0.5) is 0 Å². The van der Waals surface area contributed by atoms with Gasteiger partial charge >= 0.3 is 0 Å². The summed E-state index contributed by atoms with van der Waals surface area (Å²) >= 11 is 0. The normalized spacial score (nSPS) is 13.4. The van der Waals surface area contributed by atoms with Gasteiger partial charge in [-0.15, -0.1) is 0 Å². The van der Waals surface area contributed by atoms with Crippen LogP contribution in [0.25, 0.3) is 0 Å². The zero-order chi connectivity index (χ0) is 6.57. The number of Topliss-reactive ketones (excluding diaryl/α,β-unsaturated/α-hetero) is 1. The van der Waals surface area contributed by atoms with Crippen molar-refractivity contribution in [3.63, 3.8) is 0 Å². The Hall–Kier alpha value is -0.370. The van der Waals surface area contributed by atoms with Gasteiger partial charge in [-0.05, 0) is 6.42 Å². The van der Waals surface area contributed by atoms with E-state index in [9.17, 15) is 4.79 Å². The molecular formula is C6H15NO. The first-order valence-electron chi connectivity index (χ1n) is 3.00. The minimum atomic E-state index is -0.222. The Balaban J connectivity index is 0. The molecule has 0 spiro atoms. The molecule has 0 amide bonds. The fourth-order valence-corrected chi connectivity index (χ4v) is 0.490. The molecule has 2 nitrogen and oxygen atoms in total. The van der Waals surface area contributed by atoms with Gasteiger partial charge in [-0.1, -0.05) is 13.8 Å². The van der Waals surface area contributed by atoms with Crippen molar-refractivity contribution in [3.05, 3.63) is 0 Å². The van der Waals surface area contributed by atoms with Crippen molar-refractivity contribution >= 4 is 5.78 Å². The van der Waals surface area contributed by atoms with Crippen LogP contribution in [0.2, 0.25) is 0 Å². The Morgan fingerprint density at radius 2 is 2.25 bits per heavy atom. The van der Waals surface area contributed by atoms with Crippen LogP contribution >= 0.6 is 0 Å². The smallest absolute Gasteiger partial charge is 0.149 e. The summed E-state index contributed by atoms with van der Waals surface area (Å²) in [6, 6.07) is -0.222. The van der Waals surface area contributed by atoms with E-state index in [4.69, 9.17) is 5.73 Å². The van der Waals surface area contributed by atoms with Crippen molar-refractivity contribution in [2.75, 3.05) is 0 Å². The molecule has 2 heteroatoms. The standard InChI is InChI=1S/C6H13NO.H2/c1-3-5(7)6(8)4-2;/h5H,3-4,7H2,1-2H3;1H. The van der Waals surface area contributed by atoms with Gasteiger partial charge in [-0.25, -0.2) is 0 Å². The Kier molecular flexibility index (Phi) is 3.44. The summed E-state index contributed by atoms with van der Waals surface area (Å²) in [5.74, 6) is 0.160. The van der Waals surface area contributed by atoms with Gasteiger partial charge in [0.05, 0.1) is 6.04 Å². The summed E-state index contributed by atoms with van der Waals surface area (Å²) in [6.07, 6.45) is 1.32. The predicted octanol–water partition coefficient (Wildman–Crippen LogP) is 0.949. The van der Waals surface area contributed by atoms with Crippen LogP contribution in [0.3, 0.4) is 0 Å². The number of hydrogen-bond donors (Lipinski definition) is 1. The second kappa shape index (κ2) is 3.61. The molecular weight excluding hydrogens is 102 g/mol. The van der Waals surface area contributed by atoms with Crippen LogP contribution in [0.1, 0.15) is 28.1 Å². The molecule has 0 bridgehead atoms. The molecule has 1 atom stereocenters.